The van der Waals surface area contributed by atoms with Crippen molar-refractivity contribution in [2.24, 2.45) is 11.1 Å². The third kappa shape index (κ3) is 4.99. The molecule has 0 bridgehead atoms. The van der Waals surface area contributed by atoms with E-state index in [0.717, 1.165) is 0 Å². The lowest BCUT2D eigenvalue weighted by Gasteiger charge is -2.20. The molecule has 6 nitrogen and oxygen atoms in total. The molecule has 0 aromatic rings. The third-order valence-corrected chi connectivity index (χ3v) is 2.03. The summed E-state index contributed by atoms with van der Waals surface area (Å²) in [6.07, 6.45) is 0.238. The van der Waals surface area contributed by atoms with Crippen molar-refractivity contribution in [2.75, 3.05) is 0 Å². The number of primary amides is 1. The SMILES string of the molecule is CC(N)=O.CCC(CC)(C(=O)O)C(=O)O. The van der Waals surface area contributed by atoms with Gasteiger partial charge in [-0.05, 0) is 12.8 Å². The van der Waals surface area contributed by atoms with Crippen LogP contribution in [0.4, 0.5) is 0 Å². The van der Waals surface area contributed by atoms with Crippen LogP contribution >= 0.6 is 0 Å². The summed E-state index contributed by atoms with van der Waals surface area (Å²) in [6.45, 7) is 4.43. The summed E-state index contributed by atoms with van der Waals surface area (Å²) < 4.78 is 0. The molecule has 0 saturated heterocycles. The van der Waals surface area contributed by atoms with E-state index >= 15 is 0 Å². The highest BCUT2D eigenvalue weighted by molar-refractivity contribution is 5.98. The van der Waals surface area contributed by atoms with Gasteiger partial charge < -0.3 is 15.9 Å². The van der Waals surface area contributed by atoms with Gasteiger partial charge in [0.2, 0.25) is 5.91 Å². The van der Waals surface area contributed by atoms with Crippen molar-refractivity contribution in [3.63, 3.8) is 0 Å². The summed E-state index contributed by atoms with van der Waals surface area (Å²) in [4.78, 5) is 30.3. The van der Waals surface area contributed by atoms with E-state index in [4.69, 9.17) is 10.2 Å². The molecular formula is C9H17NO5. The number of nitrogens with two attached hydrogens (primary N) is 1. The molecule has 0 aliphatic rings. The zero-order valence-electron chi connectivity index (χ0n) is 9.11. The first kappa shape index (κ1) is 15.9. The number of hydrogen-bond donors (Lipinski definition) is 3. The van der Waals surface area contributed by atoms with Crippen molar-refractivity contribution >= 4 is 17.8 Å². The van der Waals surface area contributed by atoms with Crippen molar-refractivity contribution in [1.29, 1.82) is 0 Å². The Morgan fingerprint density at radius 2 is 1.27 bits per heavy atom. The third-order valence-electron chi connectivity index (χ3n) is 2.03. The molecule has 15 heavy (non-hydrogen) atoms. The minimum Gasteiger partial charge on any atom is -0.480 e. The molecular weight excluding hydrogens is 202 g/mol. The van der Waals surface area contributed by atoms with Gasteiger partial charge in [0.25, 0.3) is 0 Å². The van der Waals surface area contributed by atoms with Crippen molar-refractivity contribution in [3.05, 3.63) is 0 Å². The van der Waals surface area contributed by atoms with E-state index < -0.39 is 17.4 Å². The predicted molar refractivity (Wildman–Crippen MR) is 53.2 cm³/mol. The molecule has 0 atom stereocenters. The number of rotatable bonds is 4. The summed E-state index contributed by atoms with van der Waals surface area (Å²) in [5.41, 5.74) is 2.89. The van der Waals surface area contributed by atoms with Gasteiger partial charge >= 0.3 is 11.9 Å². The maximum atomic E-state index is 10.5. The minimum absolute atomic E-state index is 0.119. The zero-order chi connectivity index (χ0) is 12.6. The van der Waals surface area contributed by atoms with Crippen molar-refractivity contribution < 1.29 is 24.6 Å². The molecule has 0 aromatic heterocycles. The minimum atomic E-state index is -1.58. The first-order chi connectivity index (χ1) is 6.74. The molecule has 88 valence electrons. The van der Waals surface area contributed by atoms with Gasteiger partial charge in [0.15, 0.2) is 5.41 Å². The first-order valence-electron chi connectivity index (χ1n) is 4.47. The lowest BCUT2D eigenvalue weighted by atomic mass is 9.83. The molecule has 1 amide bonds. The Balaban J connectivity index is 0. The van der Waals surface area contributed by atoms with Gasteiger partial charge in [-0.3, -0.25) is 14.4 Å². The molecule has 0 aliphatic heterocycles. The smallest absolute Gasteiger partial charge is 0.321 e. The monoisotopic (exact) mass is 219 g/mol. The Morgan fingerprint density at radius 1 is 1.07 bits per heavy atom. The maximum absolute atomic E-state index is 10.5. The number of aliphatic carboxylic acids is 2. The molecule has 0 heterocycles. The summed E-state index contributed by atoms with van der Waals surface area (Å²) >= 11 is 0. The highest BCUT2D eigenvalue weighted by atomic mass is 16.4. The summed E-state index contributed by atoms with van der Waals surface area (Å²) in [7, 11) is 0. The predicted octanol–water partition coefficient (Wildman–Crippen LogP) is 0.454. The van der Waals surface area contributed by atoms with Crippen LogP contribution in [0.2, 0.25) is 0 Å². The van der Waals surface area contributed by atoms with E-state index in [1.165, 1.54) is 6.92 Å². The summed E-state index contributed by atoms with van der Waals surface area (Å²) in [5, 5.41) is 17.2. The second kappa shape index (κ2) is 6.80. The van der Waals surface area contributed by atoms with Crippen LogP contribution in [0.3, 0.4) is 0 Å². The molecule has 0 fully saturated rings. The van der Waals surface area contributed by atoms with Crippen LogP contribution in [0.25, 0.3) is 0 Å². The van der Waals surface area contributed by atoms with Gasteiger partial charge in [-0.1, -0.05) is 13.8 Å². The zero-order valence-corrected chi connectivity index (χ0v) is 9.11. The van der Waals surface area contributed by atoms with Crippen LogP contribution < -0.4 is 5.73 Å². The lowest BCUT2D eigenvalue weighted by Crippen LogP contribution is -2.38. The second-order valence-electron chi connectivity index (χ2n) is 3.01. The number of carboxylic acid groups (broad SMARTS) is 2. The number of carbonyl (C=O) groups is 3. The number of hydrogen-bond acceptors (Lipinski definition) is 3. The van der Waals surface area contributed by atoms with Gasteiger partial charge in [0.05, 0.1) is 0 Å². The topological polar surface area (TPSA) is 118 Å². The largest absolute Gasteiger partial charge is 0.480 e. The van der Waals surface area contributed by atoms with Crippen LogP contribution in [0.5, 0.6) is 0 Å². The van der Waals surface area contributed by atoms with E-state index in [-0.39, 0.29) is 18.7 Å². The van der Waals surface area contributed by atoms with E-state index in [1.807, 2.05) is 0 Å². The van der Waals surface area contributed by atoms with Crippen LogP contribution in [-0.4, -0.2) is 28.1 Å². The van der Waals surface area contributed by atoms with Gasteiger partial charge in [0.1, 0.15) is 0 Å². The van der Waals surface area contributed by atoms with E-state index in [1.54, 1.807) is 13.8 Å². The lowest BCUT2D eigenvalue weighted by molar-refractivity contribution is -0.165. The molecule has 0 saturated carbocycles. The van der Waals surface area contributed by atoms with Crippen LogP contribution in [0.15, 0.2) is 0 Å². The van der Waals surface area contributed by atoms with Crippen LogP contribution in [-0.2, 0) is 14.4 Å². The molecule has 0 spiro atoms. The molecule has 6 heteroatoms. The average Bonchev–Trinajstić information content (AvgIpc) is 2.04. The molecule has 4 N–H and O–H groups in total. The average molecular weight is 219 g/mol. The molecule has 0 radical (unpaired) electrons. The highest BCUT2D eigenvalue weighted by Crippen LogP contribution is 2.26. The Morgan fingerprint density at radius 3 is 1.27 bits per heavy atom. The molecule has 0 aliphatic carbocycles. The van der Waals surface area contributed by atoms with E-state index in [0.29, 0.717) is 0 Å². The van der Waals surface area contributed by atoms with Gasteiger partial charge in [0, 0.05) is 6.92 Å². The molecule has 0 unspecified atom stereocenters. The fourth-order valence-corrected chi connectivity index (χ4v) is 0.946. The van der Waals surface area contributed by atoms with E-state index in [9.17, 15) is 14.4 Å². The van der Waals surface area contributed by atoms with Crippen LogP contribution in [0, 0.1) is 5.41 Å². The Kier molecular flexibility index (Phi) is 7.20. The fourth-order valence-electron chi connectivity index (χ4n) is 0.946. The molecule has 0 aromatic carbocycles. The van der Waals surface area contributed by atoms with Gasteiger partial charge in [-0.15, -0.1) is 0 Å². The second-order valence-corrected chi connectivity index (χ2v) is 3.01. The number of carboxylic acids is 2. The standard InChI is InChI=1S/C7H12O4.C2H5NO/c1-3-7(4-2,5(8)9)6(10)11;1-2(3)4/h3-4H2,1-2H3,(H,8,9)(H,10,11);1H3,(H2,3,4). The number of carbonyl (C=O) groups excluding carboxylic acids is 1. The van der Waals surface area contributed by atoms with Gasteiger partial charge in [-0.25, -0.2) is 0 Å². The highest BCUT2D eigenvalue weighted by Gasteiger charge is 2.42. The van der Waals surface area contributed by atoms with Gasteiger partial charge in [-0.2, -0.15) is 0 Å². The quantitative estimate of drug-likeness (QED) is 0.593. The Hall–Kier alpha value is -1.59. The Labute approximate surface area is 88.1 Å². The van der Waals surface area contributed by atoms with Crippen molar-refractivity contribution in [1.82, 2.24) is 0 Å². The summed E-state index contributed by atoms with van der Waals surface area (Å²) in [6, 6.07) is 0. The van der Waals surface area contributed by atoms with Crippen LogP contribution in [0.1, 0.15) is 33.6 Å². The first-order valence-corrected chi connectivity index (χ1v) is 4.47. The number of amides is 1. The van der Waals surface area contributed by atoms with Crippen molar-refractivity contribution in [2.45, 2.75) is 33.6 Å². The maximum Gasteiger partial charge on any atom is 0.321 e. The van der Waals surface area contributed by atoms with E-state index in [2.05, 4.69) is 5.73 Å². The Bertz CT molecular complexity index is 225. The van der Waals surface area contributed by atoms with Crippen molar-refractivity contribution in [3.8, 4) is 0 Å². The summed E-state index contributed by atoms with van der Waals surface area (Å²) in [5.74, 6) is -2.84. The normalized spacial score (nSPS) is 9.80. The molecule has 0 rings (SSSR count). The fraction of sp³-hybridized carbons (Fsp3) is 0.667.